The van der Waals surface area contributed by atoms with E-state index in [1.165, 1.54) is 0 Å². The molecule has 2 rings (SSSR count). The van der Waals surface area contributed by atoms with Crippen LogP contribution in [0, 0.1) is 13.8 Å². The number of benzene rings is 2. The second-order valence-corrected chi connectivity index (χ2v) is 7.44. The molecule has 29 heavy (non-hydrogen) atoms. The number of carbonyl (C=O) groups excluding carboxylic acids is 2. The van der Waals surface area contributed by atoms with Crippen LogP contribution in [0.5, 0.6) is 0 Å². The Morgan fingerprint density at radius 3 is 2.28 bits per heavy atom. The molecule has 0 saturated carbocycles. The van der Waals surface area contributed by atoms with Gasteiger partial charge in [0.1, 0.15) is 0 Å². The number of rotatable bonds is 9. The van der Waals surface area contributed by atoms with Crippen molar-refractivity contribution < 1.29 is 9.59 Å². The van der Waals surface area contributed by atoms with E-state index in [0.717, 1.165) is 34.6 Å². The molecule has 0 fully saturated rings. The van der Waals surface area contributed by atoms with Gasteiger partial charge in [0.2, 0.25) is 11.8 Å². The minimum Gasteiger partial charge on any atom is -0.378 e. The van der Waals surface area contributed by atoms with Crippen molar-refractivity contribution in [3.63, 3.8) is 0 Å². The van der Waals surface area contributed by atoms with Crippen molar-refractivity contribution in [1.29, 1.82) is 0 Å². The molecule has 0 aliphatic carbocycles. The van der Waals surface area contributed by atoms with Gasteiger partial charge in [-0.3, -0.25) is 14.5 Å². The fourth-order valence-corrected chi connectivity index (χ4v) is 2.96. The summed E-state index contributed by atoms with van der Waals surface area (Å²) in [5, 5.41) is 5.57. The number of amides is 2. The molecule has 0 radical (unpaired) electrons. The van der Waals surface area contributed by atoms with Gasteiger partial charge in [-0.05, 0) is 55.3 Å². The average molecular weight is 397 g/mol. The zero-order valence-corrected chi connectivity index (χ0v) is 18.1. The Labute approximate surface area is 173 Å². The van der Waals surface area contributed by atoms with E-state index in [9.17, 15) is 9.59 Å². The molecule has 156 valence electrons. The Balaban J connectivity index is 1.81. The van der Waals surface area contributed by atoms with Crippen LogP contribution >= 0.6 is 0 Å². The Kier molecular flexibility index (Phi) is 8.21. The van der Waals surface area contributed by atoms with Crippen LogP contribution in [-0.4, -0.2) is 50.4 Å². The third-order valence-electron chi connectivity index (χ3n) is 5.00. The van der Waals surface area contributed by atoms with Gasteiger partial charge in [0, 0.05) is 32.0 Å². The fraction of sp³-hybridized carbons (Fsp3) is 0.391. The number of hydrogen-bond donors (Lipinski definition) is 2. The quantitative estimate of drug-likeness (QED) is 0.684. The minimum absolute atomic E-state index is 0.0404. The SMILES string of the molecule is CCN(CC(=O)NCC(=O)Nc1cccc(C)c1C)Cc1ccc(N(C)C)cc1. The van der Waals surface area contributed by atoms with Crippen molar-refractivity contribution >= 4 is 23.2 Å². The first-order valence-electron chi connectivity index (χ1n) is 9.91. The summed E-state index contributed by atoms with van der Waals surface area (Å²) in [6, 6.07) is 14.1. The van der Waals surface area contributed by atoms with Crippen LogP contribution in [0.3, 0.4) is 0 Å². The lowest BCUT2D eigenvalue weighted by Crippen LogP contribution is -2.40. The molecule has 0 atom stereocenters. The number of nitrogens with one attached hydrogen (secondary N) is 2. The van der Waals surface area contributed by atoms with E-state index in [1.54, 1.807) is 0 Å². The first-order chi connectivity index (χ1) is 13.8. The molecule has 0 heterocycles. The average Bonchev–Trinajstić information content (AvgIpc) is 2.69. The van der Waals surface area contributed by atoms with E-state index in [-0.39, 0.29) is 24.9 Å². The summed E-state index contributed by atoms with van der Waals surface area (Å²) in [7, 11) is 4.02. The van der Waals surface area contributed by atoms with Crippen LogP contribution in [0.25, 0.3) is 0 Å². The summed E-state index contributed by atoms with van der Waals surface area (Å²) in [5.41, 5.74) is 5.22. The Bertz CT molecular complexity index is 831. The maximum atomic E-state index is 12.3. The number of likely N-dealkylation sites (N-methyl/N-ethyl adjacent to an activating group) is 1. The van der Waals surface area contributed by atoms with E-state index in [2.05, 4.69) is 39.8 Å². The molecule has 0 saturated heterocycles. The van der Waals surface area contributed by atoms with E-state index in [0.29, 0.717) is 6.54 Å². The molecular formula is C23H32N4O2. The lowest BCUT2D eigenvalue weighted by molar-refractivity contribution is -0.125. The third-order valence-corrected chi connectivity index (χ3v) is 5.00. The molecule has 2 aromatic rings. The second-order valence-electron chi connectivity index (χ2n) is 7.44. The molecule has 0 aliphatic rings. The van der Waals surface area contributed by atoms with E-state index < -0.39 is 0 Å². The number of carbonyl (C=O) groups is 2. The first-order valence-corrected chi connectivity index (χ1v) is 9.91. The second kappa shape index (κ2) is 10.6. The maximum Gasteiger partial charge on any atom is 0.243 e. The largest absolute Gasteiger partial charge is 0.378 e. The molecule has 2 amide bonds. The van der Waals surface area contributed by atoms with E-state index >= 15 is 0 Å². The van der Waals surface area contributed by atoms with Gasteiger partial charge in [-0.1, -0.05) is 31.2 Å². The van der Waals surface area contributed by atoms with Crippen LogP contribution in [0.1, 0.15) is 23.6 Å². The van der Waals surface area contributed by atoms with Gasteiger partial charge in [-0.15, -0.1) is 0 Å². The predicted molar refractivity (Wildman–Crippen MR) is 119 cm³/mol. The molecule has 2 N–H and O–H groups in total. The van der Waals surface area contributed by atoms with Crippen molar-refractivity contribution in [2.45, 2.75) is 27.3 Å². The van der Waals surface area contributed by atoms with Crippen LogP contribution in [-0.2, 0) is 16.1 Å². The number of nitrogens with zero attached hydrogens (tertiary/aromatic N) is 2. The van der Waals surface area contributed by atoms with Gasteiger partial charge in [0.05, 0.1) is 13.1 Å². The van der Waals surface area contributed by atoms with Crippen molar-refractivity contribution in [2.75, 3.05) is 43.9 Å². The maximum absolute atomic E-state index is 12.3. The first kappa shape index (κ1) is 22.4. The molecule has 6 heteroatoms. The number of aryl methyl sites for hydroxylation is 1. The standard InChI is InChI=1S/C23H32N4O2/c1-6-27(15-19-10-12-20(13-11-19)26(4)5)16-23(29)24-14-22(28)25-21-9-7-8-17(2)18(21)3/h7-13H,6,14-16H2,1-5H3,(H,24,29)(H,25,28). The summed E-state index contributed by atoms with van der Waals surface area (Å²) in [5.74, 6) is -0.387. The summed E-state index contributed by atoms with van der Waals surface area (Å²) in [4.78, 5) is 28.6. The monoisotopic (exact) mass is 396 g/mol. The molecule has 0 aliphatic heterocycles. The van der Waals surface area contributed by atoms with Gasteiger partial charge >= 0.3 is 0 Å². The molecular weight excluding hydrogens is 364 g/mol. The van der Waals surface area contributed by atoms with Crippen LogP contribution in [0.2, 0.25) is 0 Å². The Hall–Kier alpha value is -2.86. The lowest BCUT2D eigenvalue weighted by atomic mass is 10.1. The van der Waals surface area contributed by atoms with Gasteiger partial charge in [0.15, 0.2) is 0 Å². The highest BCUT2D eigenvalue weighted by atomic mass is 16.2. The van der Waals surface area contributed by atoms with Gasteiger partial charge in [0.25, 0.3) is 0 Å². The van der Waals surface area contributed by atoms with Gasteiger partial charge in [-0.2, -0.15) is 0 Å². The smallest absolute Gasteiger partial charge is 0.243 e. The van der Waals surface area contributed by atoms with Crippen molar-refractivity contribution in [3.8, 4) is 0 Å². The zero-order valence-electron chi connectivity index (χ0n) is 18.1. The summed E-state index contributed by atoms with van der Waals surface area (Å²) in [6.07, 6.45) is 0. The highest BCUT2D eigenvalue weighted by Crippen LogP contribution is 2.17. The molecule has 2 aromatic carbocycles. The summed E-state index contributed by atoms with van der Waals surface area (Å²) >= 11 is 0. The summed E-state index contributed by atoms with van der Waals surface area (Å²) < 4.78 is 0. The van der Waals surface area contributed by atoms with Crippen molar-refractivity contribution in [1.82, 2.24) is 10.2 Å². The van der Waals surface area contributed by atoms with Crippen LogP contribution < -0.4 is 15.5 Å². The van der Waals surface area contributed by atoms with E-state index in [4.69, 9.17) is 0 Å². The fourth-order valence-electron chi connectivity index (χ4n) is 2.96. The van der Waals surface area contributed by atoms with Crippen molar-refractivity contribution in [3.05, 3.63) is 59.2 Å². The molecule has 0 bridgehead atoms. The van der Waals surface area contributed by atoms with Crippen LogP contribution in [0.4, 0.5) is 11.4 Å². The number of anilines is 2. The topological polar surface area (TPSA) is 64.7 Å². The molecule has 0 unspecified atom stereocenters. The Morgan fingerprint density at radius 1 is 0.966 bits per heavy atom. The van der Waals surface area contributed by atoms with Crippen LogP contribution in [0.15, 0.2) is 42.5 Å². The zero-order chi connectivity index (χ0) is 21.4. The molecule has 6 nitrogen and oxygen atoms in total. The highest BCUT2D eigenvalue weighted by Gasteiger charge is 2.12. The lowest BCUT2D eigenvalue weighted by Gasteiger charge is -2.20. The predicted octanol–water partition coefficient (Wildman–Crippen LogP) is 2.95. The molecule has 0 aromatic heterocycles. The van der Waals surface area contributed by atoms with Gasteiger partial charge in [-0.25, -0.2) is 0 Å². The third kappa shape index (κ3) is 6.91. The van der Waals surface area contributed by atoms with Crippen molar-refractivity contribution in [2.24, 2.45) is 0 Å². The van der Waals surface area contributed by atoms with Gasteiger partial charge < -0.3 is 15.5 Å². The molecule has 0 spiro atoms. The summed E-state index contributed by atoms with van der Waals surface area (Å²) in [6.45, 7) is 7.64. The Morgan fingerprint density at radius 2 is 1.66 bits per heavy atom. The normalized spacial score (nSPS) is 10.7. The number of hydrogen-bond acceptors (Lipinski definition) is 4. The highest BCUT2D eigenvalue weighted by molar-refractivity contribution is 5.95. The minimum atomic E-state index is -0.227. The van der Waals surface area contributed by atoms with E-state index in [1.807, 2.05) is 58.0 Å².